The number of nitrogens with one attached hydrogen (secondary N) is 1. The van der Waals surface area contributed by atoms with Gasteiger partial charge in [-0.15, -0.1) is 0 Å². The zero-order valence-corrected chi connectivity index (χ0v) is 18.4. The van der Waals surface area contributed by atoms with Crippen LogP contribution in [0, 0.1) is 18.8 Å². The van der Waals surface area contributed by atoms with E-state index < -0.39 is 0 Å². The number of carbonyl (C=O) groups excluding carboxylic acids is 2. The first-order chi connectivity index (χ1) is 15.1. The second kappa shape index (κ2) is 8.14. The van der Waals surface area contributed by atoms with Crippen molar-refractivity contribution >= 4 is 11.8 Å². The van der Waals surface area contributed by atoms with Crippen LogP contribution in [0.15, 0.2) is 48.5 Å². The summed E-state index contributed by atoms with van der Waals surface area (Å²) in [4.78, 5) is 27.9. The molecule has 2 aliphatic heterocycles. The summed E-state index contributed by atoms with van der Waals surface area (Å²) in [6, 6.07) is 16.4. The molecule has 5 rings (SSSR count). The van der Waals surface area contributed by atoms with Crippen molar-refractivity contribution in [3.63, 3.8) is 0 Å². The Morgan fingerprint density at radius 2 is 1.61 bits per heavy atom. The topological polar surface area (TPSA) is 49.4 Å². The monoisotopic (exact) mass is 416 g/mol. The molecule has 2 heterocycles. The van der Waals surface area contributed by atoms with Crippen molar-refractivity contribution in [2.75, 3.05) is 13.1 Å². The van der Waals surface area contributed by atoms with Gasteiger partial charge in [0, 0.05) is 18.7 Å². The molecule has 1 unspecified atom stereocenters. The number of carbonyl (C=O) groups is 2. The number of amides is 2. The second-order valence-electron chi connectivity index (χ2n) is 9.67. The Morgan fingerprint density at radius 3 is 2.32 bits per heavy atom. The Morgan fingerprint density at radius 1 is 0.968 bits per heavy atom. The lowest BCUT2D eigenvalue weighted by atomic mass is 9.66. The van der Waals surface area contributed by atoms with Gasteiger partial charge in [0.2, 0.25) is 5.91 Å². The maximum absolute atomic E-state index is 12.9. The van der Waals surface area contributed by atoms with Crippen LogP contribution < -0.4 is 5.32 Å². The van der Waals surface area contributed by atoms with Crippen molar-refractivity contribution in [1.29, 1.82) is 0 Å². The molecule has 4 heteroatoms. The van der Waals surface area contributed by atoms with Crippen LogP contribution in [0.1, 0.15) is 65.6 Å². The Balaban J connectivity index is 1.34. The highest BCUT2D eigenvalue weighted by molar-refractivity contribution is 6.00. The Bertz CT molecular complexity index is 969. The van der Waals surface area contributed by atoms with E-state index >= 15 is 0 Å². The highest BCUT2D eigenvalue weighted by Gasteiger charge is 2.53. The van der Waals surface area contributed by atoms with E-state index in [1.54, 1.807) is 0 Å². The average Bonchev–Trinajstić information content (AvgIpc) is 3.43. The summed E-state index contributed by atoms with van der Waals surface area (Å²) in [5, 5.41) is 3.49. The third-order valence-corrected chi connectivity index (χ3v) is 7.90. The molecular weight excluding hydrogens is 384 g/mol. The number of benzene rings is 2. The SMILES string of the molecule is Cc1ccc(CC(=O)N2CCC(C3(C4CCCC4)NC(=O)c4ccccc43)CC2)cc1. The first-order valence-corrected chi connectivity index (χ1v) is 11.8. The molecule has 4 nitrogen and oxygen atoms in total. The maximum atomic E-state index is 12.9. The van der Waals surface area contributed by atoms with Gasteiger partial charge in [0.1, 0.15) is 0 Å². The van der Waals surface area contributed by atoms with E-state index in [4.69, 9.17) is 0 Å². The maximum Gasteiger partial charge on any atom is 0.252 e. The fraction of sp³-hybridized carbons (Fsp3) is 0.481. The molecule has 1 saturated heterocycles. The van der Waals surface area contributed by atoms with Gasteiger partial charge in [-0.3, -0.25) is 9.59 Å². The van der Waals surface area contributed by atoms with Crippen molar-refractivity contribution in [1.82, 2.24) is 10.2 Å². The molecule has 1 saturated carbocycles. The molecule has 31 heavy (non-hydrogen) atoms. The number of hydrogen-bond acceptors (Lipinski definition) is 2. The highest BCUT2D eigenvalue weighted by atomic mass is 16.2. The number of fused-ring (bicyclic) bond motifs is 1. The molecule has 1 atom stereocenters. The van der Waals surface area contributed by atoms with Gasteiger partial charge >= 0.3 is 0 Å². The van der Waals surface area contributed by atoms with Gasteiger partial charge in [0.25, 0.3) is 5.91 Å². The van der Waals surface area contributed by atoms with Gasteiger partial charge in [0.15, 0.2) is 0 Å². The summed E-state index contributed by atoms with van der Waals surface area (Å²) >= 11 is 0. The van der Waals surface area contributed by atoms with Crippen LogP contribution in [-0.2, 0) is 16.8 Å². The molecule has 0 bridgehead atoms. The molecule has 2 amide bonds. The first kappa shape index (κ1) is 20.3. The molecule has 3 aliphatic rings. The van der Waals surface area contributed by atoms with Gasteiger partial charge < -0.3 is 10.2 Å². The molecule has 2 aromatic rings. The minimum Gasteiger partial charge on any atom is -0.342 e. The first-order valence-electron chi connectivity index (χ1n) is 11.8. The van der Waals surface area contributed by atoms with E-state index in [9.17, 15) is 9.59 Å². The lowest BCUT2D eigenvalue weighted by Crippen LogP contribution is -2.54. The van der Waals surface area contributed by atoms with Crippen LogP contribution in [-0.4, -0.2) is 29.8 Å². The van der Waals surface area contributed by atoms with Gasteiger partial charge in [-0.05, 0) is 61.6 Å². The minimum absolute atomic E-state index is 0.0837. The standard InChI is InChI=1S/C27H32N2O2/c1-19-10-12-20(13-11-19)18-25(30)29-16-14-22(15-17-29)27(21-6-2-3-7-21)24-9-5-4-8-23(24)26(31)28-27/h4-5,8-13,21-22H,2-3,6-7,14-18H2,1H3,(H,28,31). The third kappa shape index (κ3) is 3.56. The normalized spacial score (nSPS) is 24.3. The lowest BCUT2D eigenvalue weighted by molar-refractivity contribution is -0.132. The third-order valence-electron chi connectivity index (χ3n) is 7.90. The smallest absolute Gasteiger partial charge is 0.252 e. The summed E-state index contributed by atoms with van der Waals surface area (Å²) in [6.07, 6.45) is 7.23. The molecule has 0 spiro atoms. The number of aryl methyl sites for hydroxylation is 1. The van der Waals surface area contributed by atoms with Gasteiger partial charge in [0.05, 0.1) is 12.0 Å². The van der Waals surface area contributed by atoms with E-state index in [2.05, 4.69) is 48.6 Å². The Hall–Kier alpha value is -2.62. The minimum atomic E-state index is -0.254. The van der Waals surface area contributed by atoms with Crippen LogP contribution in [0.3, 0.4) is 0 Å². The van der Waals surface area contributed by atoms with Crippen molar-refractivity contribution in [3.8, 4) is 0 Å². The van der Waals surface area contributed by atoms with Crippen molar-refractivity contribution in [2.45, 2.75) is 57.4 Å². The van der Waals surface area contributed by atoms with E-state index in [-0.39, 0.29) is 17.4 Å². The van der Waals surface area contributed by atoms with E-state index in [1.165, 1.54) is 36.8 Å². The zero-order chi connectivity index (χ0) is 21.4. The number of rotatable bonds is 4. The summed E-state index contributed by atoms with van der Waals surface area (Å²) < 4.78 is 0. The molecule has 2 fully saturated rings. The summed E-state index contributed by atoms with van der Waals surface area (Å²) in [5.41, 5.74) is 4.10. The summed E-state index contributed by atoms with van der Waals surface area (Å²) in [5.74, 6) is 1.18. The molecular formula is C27H32N2O2. The summed E-state index contributed by atoms with van der Waals surface area (Å²) in [7, 11) is 0. The average molecular weight is 417 g/mol. The second-order valence-corrected chi connectivity index (χ2v) is 9.67. The lowest BCUT2D eigenvalue weighted by Gasteiger charge is -2.47. The predicted octanol–water partition coefficient (Wildman–Crippen LogP) is 4.61. The Kier molecular flexibility index (Phi) is 5.33. The number of likely N-dealkylation sites (tertiary alicyclic amines) is 1. The molecule has 0 radical (unpaired) electrons. The molecule has 0 aromatic heterocycles. The molecule has 1 N–H and O–H groups in total. The van der Waals surface area contributed by atoms with Crippen molar-refractivity contribution in [3.05, 3.63) is 70.8 Å². The van der Waals surface area contributed by atoms with Crippen molar-refractivity contribution < 1.29 is 9.59 Å². The van der Waals surface area contributed by atoms with Crippen LogP contribution in [0.2, 0.25) is 0 Å². The highest BCUT2D eigenvalue weighted by Crippen LogP contribution is 2.51. The van der Waals surface area contributed by atoms with Crippen LogP contribution >= 0.6 is 0 Å². The zero-order valence-electron chi connectivity index (χ0n) is 18.4. The van der Waals surface area contributed by atoms with E-state index in [0.717, 1.165) is 37.1 Å². The fourth-order valence-electron chi connectivity index (χ4n) is 6.30. The largest absolute Gasteiger partial charge is 0.342 e. The molecule has 162 valence electrons. The Labute approximate surface area is 185 Å². The number of hydrogen-bond donors (Lipinski definition) is 1. The predicted molar refractivity (Wildman–Crippen MR) is 122 cm³/mol. The van der Waals surface area contributed by atoms with Crippen molar-refractivity contribution in [2.24, 2.45) is 11.8 Å². The number of nitrogens with zero attached hydrogens (tertiary/aromatic N) is 1. The fourth-order valence-corrected chi connectivity index (χ4v) is 6.30. The van der Waals surface area contributed by atoms with Gasteiger partial charge in [-0.25, -0.2) is 0 Å². The van der Waals surface area contributed by atoms with Crippen LogP contribution in [0.5, 0.6) is 0 Å². The summed E-state index contributed by atoms with van der Waals surface area (Å²) in [6.45, 7) is 3.63. The quantitative estimate of drug-likeness (QED) is 0.792. The number of piperidine rings is 1. The molecule has 2 aromatic carbocycles. The van der Waals surface area contributed by atoms with Crippen LogP contribution in [0.25, 0.3) is 0 Å². The van der Waals surface area contributed by atoms with E-state index in [1.807, 2.05) is 17.0 Å². The van der Waals surface area contributed by atoms with E-state index in [0.29, 0.717) is 18.3 Å². The molecule has 1 aliphatic carbocycles. The van der Waals surface area contributed by atoms with Gasteiger partial charge in [-0.1, -0.05) is 60.9 Å². The van der Waals surface area contributed by atoms with Gasteiger partial charge in [-0.2, -0.15) is 0 Å². The van der Waals surface area contributed by atoms with Crippen LogP contribution in [0.4, 0.5) is 0 Å².